The Morgan fingerprint density at radius 1 is 1.15 bits per heavy atom. The summed E-state index contributed by atoms with van der Waals surface area (Å²) >= 11 is 0. The molecule has 0 radical (unpaired) electrons. The molecular formula is C25H36FN5O3. The molecule has 2 heterocycles. The summed E-state index contributed by atoms with van der Waals surface area (Å²) in [5.41, 5.74) is 0.780. The van der Waals surface area contributed by atoms with Crippen LogP contribution in [0.3, 0.4) is 0 Å². The highest BCUT2D eigenvalue weighted by Crippen LogP contribution is 2.34. The highest BCUT2D eigenvalue weighted by Gasteiger charge is 2.53. The fraction of sp³-hybridized carbons (Fsp3) is 0.640. The molecule has 0 aromatic heterocycles. The van der Waals surface area contributed by atoms with Gasteiger partial charge in [-0.1, -0.05) is 51.7 Å². The maximum Gasteiger partial charge on any atom is 0.334 e. The normalized spacial score (nSPS) is 25.4. The predicted octanol–water partition coefficient (Wildman–Crippen LogP) is 2.94. The molecule has 2 unspecified atom stereocenters. The van der Waals surface area contributed by atoms with Crippen LogP contribution in [0.4, 0.5) is 9.18 Å². The number of hydrogen-bond donors (Lipinski definition) is 1. The number of carbonyl (C=O) groups excluding carboxylic acids is 3. The Morgan fingerprint density at radius 3 is 2.47 bits per heavy atom. The maximum absolute atomic E-state index is 13.7. The first-order chi connectivity index (χ1) is 16.3. The lowest BCUT2D eigenvalue weighted by molar-refractivity contribution is -0.193. The third kappa shape index (κ3) is 4.76. The smallest absolute Gasteiger partial charge is 0.334 e. The van der Waals surface area contributed by atoms with E-state index in [-0.39, 0.29) is 48.7 Å². The van der Waals surface area contributed by atoms with E-state index >= 15 is 0 Å². The fourth-order valence-electron chi connectivity index (χ4n) is 5.54. The Morgan fingerprint density at radius 2 is 1.82 bits per heavy atom. The van der Waals surface area contributed by atoms with E-state index in [0.29, 0.717) is 6.54 Å². The summed E-state index contributed by atoms with van der Waals surface area (Å²) in [4.78, 5) is 43.9. The van der Waals surface area contributed by atoms with Gasteiger partial charge in [0.1, 0.15) is 18.0 Å². The lowest BCUT2D eigenvalue weighted by Gasteiger charge is -2.56. The van der Waals surface area contributed by atoms with Gasteiger partial charge in [-0.05, 0) is 36.5 Å². The highest BCUT2D eigenvalue weighted by atomic mass is 19.1. The van der Waals surface area contributed by atoms with Crippen molar-refractivity contribution in [2.24, 2.45) is 5.92 Å². The zero-order valence-electron chi connectivity index (χ0n) is 20.4. The van der Waals surface area contributed by atoms with Crippen LogP contribution in [0.2, 0.25) is 0 Å². The van der Waals surface area contributed by atoms with Crippen molar-refractivity contribution in [2.45, 2.75) is 77.2 Å². The van der Waals surface area contributed by atoms with Crippen molar-refractivity contribution < 1.29 is 18.8 Å². The van der Waals surface area contributed by atoms with E-state index in [2.05, 4.69) is 5.32 Å². The van der Waals surface area contributed by atoms with Crippen LogP contribution in [0.25, 0.3) is 0 Å². The number of nitrogens with zero attached hydrogens (tertiary/aromatic N) is 4. The van der Waals surface area contributed by atoms with E-state index in [1.165, 1.54) is 18.6 Å². The molecule has 1 saturated carbocycles. The second-order valence-electron chi connectivity index (χ2n) is 9.84. The summed E-state index contributed by atoms with van der Waals surface area (Å²) in [6.07, 6.45) is 5.51. The third-order valence-electron chi connectivity index (χ3n) is 7.58. The second-order valence-corrected chi connectivity index (χ2v) is 9.84. The van der Waals surface area contributed by atoms with Gasteiger partial charge in [0, 0.05) is 19.6 Å². The minimum Gasteiger partial charge on any atom is -0.334 e. The summed E-state index contributed by atoms with van der Waals surface area (Å²) in [6, 6.07) is 5.24. The van der Waals surface area contributed by atoms with Gasteiger partial charge in [0.05, 0.1) is 13.1 Å². The largest absolute Gasteiger partial charge is 0.334 e. The minimum absolute atomic E-state index is 0.0158. The van der Waals surface area contributed by atoms with Gasteiger partial charge < -0.3 is 15.1 Å². The number of carbonyl (C=O) groups is 3. The van der Waals surface area contributed by atoms with Crippen LogP contribution in [0.5, 0.6) is 0 Å². The average Bonchev–Trinajstić information content (AvgIpc) is 2.83. The molecule has 1 aromatic rings. The first-order valence-electron chi connectivity index (χ1n) is 12.5. The van der Waals surface area contributed by atoms with Crippen molar-refractivity contribution >= 4 is 17.8 Å². The highest BCUT2D eigenvalue weighted by molar-refractivity contribution is 5.91. The molecule has 4 amide bonds. The number of benzene rings is 1. The Hall–Kier alpha value is -2.68. The molecule has 1 aliphatic carbocycles. The first-order valence-corrected chi connectivity index (χ1v) is 12.5. The quantitative estimate of drug-likeness (QED) is 0.714. The topological polar surface area (TPSA) is 76.2 Å². The molecule has 3 aliphatic rings. The van der Waals surface area contributed by atoms with E-state index in [1.807, 2.05) is 18.7 Å². The zero-order valence-corrected chi connectivity index (χ0v) is 20.4. The number of hydrogen-bond acceptors (Lipinski definition) is 4. The number of likely N-dealkylation sites (N-methyl/N-ethyl adjacent to an activating group) is 1. The molecule has 186 valence electrons. The van der Waals surface area contributed by atoms with E-state index < -0.39 is 12.2 Å². The van der Waals surface area contributed by atoms with E-state index in [0.717, 1.165) is 37.7 Å². The van der Waals surface area contributed by atoms with Crippen LogP contribution in [0, 0.1) is 11.7 Å². The lowest BCUT2D eigenvalue weighted by atomic mass is 9.88. The molecule has 2 saturated heterocycles. The zero-order chi connectivity index (χ0) is 24.4. The van der Waals surface area contributed by atoms with Gasteiger partial charge >= 0.3 is 6.03 Å². The Balaban J connectivity index is 1.60. The van der Waals surface area contributed by atoms with Crippen LogP contribution in [0.1, 0.15) is 57.9 Å². The van der Waals surface area contributed by atoms with Gasteiger partial charge in [-0.15, -0.1) is 0 Å². The van der Waals surface area contributed by atoms with Crippen molar-refractivity contribution in [3.8, 4) is 0 Å². The van der Waals surface area contributed by atoms with Crippen molar-refractivity contribution in [3.05, 3.63) is 35.6 Å². The molecule has 1 N–H and O–H groups in total. The standard InChI is InChI=1S/C25H36FN5O3/c1-4-17(2)23-24(33)29(20-8-6-5-7-9-20)15-21-30(23)22(32)16-28(3)31(21)25(34)27-14-18-10-12-19(26)13-11-18/h10-13,17,20-21,23H,4-9,14-16H2,1-3H3,(H,27,34)/t17?,21?,23-/m0/s1. The molecule has 0 bridgehead atoms. The third-order valence-corrected chi connectivity index (χ3v) is 7.58. The van der Waals surface area contributed by atoms with Gasteiger partial charge in [-0.2, -0.15) is 0 Å². The summed E-state index contributed by atoms with van der Waals surface area (Å²) in [5, 5.41) is 6.14. The molecule has 2 aliphatic heterocycles. The Kier molecular flexibility index (Phi) is 7.40. The van der Waals surface area contributed by atoms with Crippen LogP contribution < -0.4 is 5.32 Å². The van der Waals surface area contributed by atoms with E-state index in [4.69, 9.17) is 0 Å². The summed E-state index contributed by atoms with van der Waals surface area (Å²) in [6.45, 7) is 4.62. The van der Waals surface area contributed by atoms with Gasteiger partial charge in [0.25, 0.3) is 0 Å². The number of rotatable bonds is 5. The number of nitrogens with one attached hydrogen (secondary N) is 1. The van der Waals surface area contributed by atoms with Gasteiger partial charge in [-0.25, -0.2) is 19.2 Å². The van der Waals surface area contributed by atoms with E-state index in [1.54, 1.807) is 34.1 Å². The van der Waals surface area contributed by atoms with Crippen LogP contribution >= 0.6 is 0 Å². The number of hydrazine groups is 1. The number of urea groups is 1. The first kappa shape index (κ1) is 24.4. The van der Waals surface area contributed by atoms with Crippen molar-refractivity contribution in [1.29, 1.82) is 0 Å². The molecule has 3 atom stereocenters. The van der Waals surface area contributed by atoms with Gasteiger partial charge in [0.2, 0.25) is 11.8 Å². The summed E-state index contributed by atoms with van der Waals surface area (Å²) < 4.78 is 13.2. The van der Waals surface area contributed by atoms with Crippen molar-refractivity contribution in [2.75, 3.05) is 20.1 Å². The molecule has 9 heteroatoms. The number of fused-ring (bicyclic) bond motifs is 1. The van der Waals surface area contributed by atoms with E-state index in [9.17, 15) is 18.8 Å². The Bertz CT molecular complexity index is 904. The maximum atomic E-state index is 13.7. The lowest BCUT2D eigenvalue weighted by Crippen LogP contribution is -2.77. The molecule has 3 fully saturated rings. The van der Waals surface area contributed by atoms with Crippen LogP contribution in [-0.4, -0.2) is 76.0 Å². The SMILES string of the molecule is CCC(C)[C@H]1C(=O)N(C2CCCCC2)CC2N1C(=O)CN(C)N2C(=O)NCc1ccc(F)cc1. The minimum atomic E-state index is -0.570. The molecule has 8 nitrogen and oxygen atoms in total. The van der Waals surface area contributed by atoms with Crippen LogP contribution in [-0.2, 0) is 16.1 Å². The molecule has 4 rings (SSSR count). The number of amides is 4. The van der Waals surface area contributed by atoms with Gasteiger partial charge in [0.15, 0.2) is 0 Å². The fourth-order valence-corrected chi connectivity index (χ4v) is 5.54. The summed E-state index contributed by atoms with van der Waals surface area (Å²) in [5.74, 6) is -0.456. The monoisotopic (exact) mass is 473 g/mol. The second kappa shape index (κ2) is 10.3. The molecule has 1 aromatic carbocycles. The summed E-state index contributed by atoms with van der Waals surface area (Å²) in [7, 11) is 1.73. The Labute approximate surface area is 201 Å². The average molecular weight is 474 g/mol. The van der Waals surface area contributed by atoms with Crippen molar-refractivity contribution in [1.82, 2.24) is 25.1 Å². The molecular weight excluding hydrogens is 437 g/mol. The number of halogens is 1. The van der Waals surface area contributed by atoms with Crippen molar-refractivity contribution in [3.63, 3.8) is 0 Å². The van der Waals surface area contributed by atoms with Gasteiger partial charge in [-0.3, -0.25) is 9.59 Å². The predicted molar refractivity (Wildman–Crippen MR) is 126 cm³/mol. The van der Waals surface area contributed by atoms with Crippen LogP contribution in [0.15, 0.2) is 24.3 Å². The molecule has 34 heavy (non-hydrogen) atoms. The molecule has 0 spiro atoms. The number of piperazine rings is 1.